The van der Waals surface area contributed by atoms with Gasteiger partial charge in [-0.1, -0.05) is 28.1 Å². The summed E-state index contributed by atoms with van der Waals surface area (Å²) in [6, 6.07) is 7.69. The molecule has 1 aliphatic heterocycles. The fourth-order valence-corrected chi connectivity index (χ4v) is 4.33. The number of hydrogen-bond donors (Lipinski definition) is 1. The van der Waals surface area contributed by atoms with Gasteiger partial charge in [0.2, 0.25) is 0 Å². The summed E-state index contributed by atoms with van der Waals surface area (Å²) in [4.78, 5) is 0. The summed E-state index contributed by atoms with van der Waals surface area (Å²) in [6.07, 6.45) is 0. The molecule has 2 rings (SSSR count). The van der Waals surface area contributed by atoms with Crippen molar-refractivity contribution < 1.29 is 8.42 Å². The highest BCUT2D eigenvalue weighted by molar-refractivity contribution is 9.10. The predicted molar refractivity (Wildman–Crippen MR) is 72.7 cm³/mol. The van der Waals surface area contributed by atoms with Crippen LogP contribution < -0.4 is 5.32 Å². The summed E-state index contributed by atoms with van der Waals surface area (Å²) in [6.45, 7) is 4.06. The van der Waals surface area contributed by atoms with E-state index < -0.39 is 9.84 Å². The molecular weight excluding hydrogens is 302 g/mol. The van der Waals surface area contributed by atoms with E-state index in [9.17, 15) is 8.42 Å². The molecule has 0 aromatic heterocycles. The molecule has 0 aliphatic carbocycles. The largest absolute Gasteiger partial charge is 0.308 e. The second-order valence-electron chi connectivity index (χ2n) is 4.55. The van der Waals surface area contributed by atoms with Crippen LogP contribution in [-0.2, 0) is 9.84 Å². The Morgan fingerprint density at radius 2 is 2.06 bits per heavy atom. The van der Waals surface area contributed by atoms with Crippen molar-refractivity contribution in [3.63, 3.8) is 0 Å². The fraction of sp³-hybridized carbons (Fsp3) is 0.500. The number of benzene rings is 1. The number of nitrogens with one attached hydrogen (secondary N) is 1. The number of hydrogen-bond acceptors (Lipinski definition) is 3. The molecule has 0 spiro atoms. The normalized spacial score (nSPS) is 32.3. The lowest BCUT2D eigenvalue weighted by Crippen LogP contribution is -2.49. The van der Waals surface area contributed by atoms with Gasteiger partial charge in [-0.2, -0.15) is 0 Å². The van der Waals surface area contributed by atoms with Crippen LogP contribution in [0.2, 0.25) is 0 Å². The Morgan fingerprint density at radius 3 is 2.71 bits per heavy atom. The van der Waals surface area contributed by atoms with Gasteiger partial charge in [-0.05, 0) is 31.5 Å². The molecule has 1 heterocycles. The molecule has 17 heavy (non-hydrogen) atoms. The van der Waals surface area contributed by atoms with Crippen molar-refractivity contribution >= 4 is 25.8 Å². The maximum absolute atomic E-state index is 12.1. The third-order valence-electron chi connectivity index (χ3n) is 3.38. The molecule has 3 nitrogen and oxygen atoms in total. The average Bonchev–Trinajstić information content (AvgIpc) is 2.27. The topological polar surface area (TPSA) is 46.2 Å². The summed E-state index contributed by atoms with van der Waals surface area (Å²) >= 11 is 3.41. The van der Waals surface area contributed by atoms with E-state index in [-0.39, 0.29) is 16.5 Å². The molecule has 0 saturated carbocycles. The molecule has 1 N–H and O–H groups in total. The Balaban J connectivity index is 2.35. The van der Waals surface area contributed by atoms with Crippen molar-refractivity contribution in [2.24, 2.45) is 0 Å². The second-order valence-corrected chi connectivity index (χ2v) is 8.19. The van der Waals surface area contributed by atoms with E-state index >= 15 is 0 Å². The maximum atomic E-state index is 12.1. The summed E-state index contributed by atoms with van der Waals surface area (Å²) in [5.41, 5.74) is 1.02. The summed E-state index contributed by atoms with van der Waals surface area (Å²) < 4.78 is 25.2. The van der Waals surface area contributed by atoms with Gasteiger partial charge in [-0.25, -0.2) is 8.42 Å². The van der Waals surface area contributed by atoms with Crippen molar-refractivity contribution in [1.29, 1.82) is 0 Å². The van der Waals surface area contributed by atoms with Crippen molar-refractivity contribution in [3.05, 3.63) is 34.3 Å². The van der Waals surface area contributed by atoms with Gasteiger partial charge in [0.25, 0.3) is 0 Å². The first-order valence-corrected chi connectivity index (χ1v) is 8.04. The van der Waals surface area contributed by atoms with Crippen LogP contribution in [0, 0.1) is 0 Å². The number of halogens is 1. The highest BCUT2D eigenvalue weighted by Crippen LogP contribution is 2.29. The van der Waals surface area contributed by atoms with Gasteiger partial charge in [-0.15, -0.1) is 0 Å². The summed E-state index contributed by atoms with van der Waals surface area (Å²) in [5.74, 6) is 0. The van der Waals surface area contributed by atoms with Crippen LogP contribution in [0.4, 0.5) is 0 Å². The molecule has 5 heteroatoms. The maximum Gasteiger partial charge on any atom is 0.158 e. The molecule has 1 fully saturated rings. The van der Waals surface area contributed by atoms with E-state index in [0.717, 1.165) is 10.0 Å². The number of sulfone groups is 1. The molecule has 0 bridgehead atoms. The van der Waals surface area contributed by atoms with Crippen LogP contribution in [-0.4, -0.2) is 25.5 Å². The van der Waals surface area contributed by atoms with E-state index in [2.05, 4.69) is 21.2 Å². The van der Waals surface area contributed by atoms with Gasteiger partial charge in [0.15, 0.2) is 9.84 Å². The van der Waals surface area contributed by atoms with Crippen LogP contribution in [0.5, 0.6) is 0 Å². The van der Waals surface area contributed by atoms with Crippen LogP contribution in [0.25, 0.3) is 0 Å². The SMILES string of the molecule is CC1CNC(c2cccc(Br)c2)C(C)S1(=O)=O. The van der Waals surface area contributed by atoms with Gasteiger partial charge < -0.3 is 5.32 Å². The average molecular weight is 318 g/mol. The van der Waals surface area contributed by atoms with Gasteiger partial charge in [-0.3, -0.25) is 0 Å². The van der Waals surface area contributed by atoms with Gasteiger partial charge in [0, 0.05) is 17.1 Å². The molecule has 1 saturated heterocycles. The van der Waals surface area contributed by atoms with Crippen molar-refractivity contribution in [2.45, 2.75) is 30.4 Å². The van der Waals surface area contributed by atoms with Crippen molar-refractivity contribution in [2.75, 3.05) is 6.54 Å². The molecule has 1 aromatic carbocycles. The molecule has 3 atom stereocenters. The Morgan fingerprint density at radius 1 is 1.35 bits per heavy atom. The minimum absolute atomic E-state index is 0.117. The highest BCUT2D eigenvalue weighted by atomic mass is 79.9. The zero-order valence-corrected chi connectivity index (χ0v) is 12.3. The zero-order chi connectivity index (χ0) is 12.6. The Labute approximate surface area is 111 Å². The monoisotopic (exact) mass is 317 g/mol. The standard InChI is InChI=1S/C12H16BrNO2S/c1-8-7-14-12(9(2)17(8,15)16)10-4-3-5-11(13)6-10/h3-6,8-9,12,14H,7H2,1-2H3. The molecule has 0 radical (unpaired) electrons. The van der Waals surface area contributed by atoms with E-state index in [4.69, 9.17) is 0 Å². The smallest absolute Gasteiger partial charge is 0.158 e. The van der Waals surface area contributed by atoms with E-state index in [1.54, 1.807) is 13.8 Å². The molecule has 0 amide bonds. The minimum atomic E-state index is -3.03. The van der Waals surface area contributed by atoms with Gasteiger partial charge >= 0.3 is 0 Å². The fourth-order valence-electron chi connectivity index (χ4n) is 2.22. The molecule has 1 aromatic rings. The van der Waals surface area contributed by atoms with E-state index in [1.165, 1.54) is 0 Å². The van der Waals surface area contributed by atoms with E-state index in [1.807, 2.05) is 24.3 Å². The lowest BCUT2D eigenvalue weighted by atomic mass is 10.0. The van der Waals surface area contributed by atoms with E-state index in [0.29, 0.717) is 6.54 Å². The lowest BCUT2D eigenvalue weighted by molar-refractivity contribution is 0.458. The minimum Gasteiger partial charge on any atom is -0.308 e. The first-order chi connectivity index (χ1) is 7.93. The first kappa shape index (κ1) is 13.1. The van der Waals surface area contributed by atoms with Crippen LogP contribution >= 0.6 is 15.9 Å². The van der Waals surface area contributed by atoms with Crippen molar-refractivity contribution in [3.8, 4) is 0 Å². The quantitative estimate of drug-likeness (QED) is 0.864. The predicted octanol–water partition coefficient (Wildman–Crippen LogP) is 2.29. The van der Waals surface area contributed by atoms with Crippen molar-refractivity contribution in [1.82, 2.24) is 5.32 Å². The van der Waals surface area contributed by atoms with Gasteiger partial charge in [0.1, 0.15) is 0 Å². The Hall–Kier alpha value is -0.390. The first-order valence-electron chi connectivity index (χ1n) is 5.64. The highest BCUT2D eigenvalue weighted by Gasteiger charge is 2.38. The van der Waals surface area contributed by atoms with Gasteiger partial charge in [0.05, 0.1) is 10.5 Å². The Kier molecular flexibility index (Phi) is 3.61. The molecule has 1 aliphatic rings. The van der Waals surface area contributed by atoms with Crippen LogP contribution in [0.15, 0.2) is 28.7 Å². The zero-order valence-electron chi connectivity index (χ0n) is 9.85. The third kappa shape index (κ3) is 2.41. The molecular formula is C12H16BrNO2S. The Bertz CT molecular complexity index is 515. The lowest BCUT2D eigenvalue weighted by Gasteiger charge is -2.34. The summed E-state index contributed by atoms with van der Waals surface area (Å²) in [7, 11) is -3.03. The molecule has 94 valence electrons. The third-order valence-corrected chi connectivity index (χ3v) is 6.47. The van der Waals surface area contributed by atoms with Crippen LogP contribution in [0.1, 0.15) is 25.5 Å². The number of rotatable bonds is 1. The summed E-state index contributed by atoms with van der Waals surface area (Å²) in [5, 5.41) is 2.62. The molecule has 3 unspecified atom stereocenters. The van der Waals surface area contributed by atoms with Crippen LogP contribution in [0.3, 0.4) is 0 Å². The second kappa shape index (κ2) is 4.71.